The molecule has 5 nitrogen and oxygen atoms in total. The summed E-state index contributed by atoms with van der Waals surface area (Å²) >= 11 is 3.28. The highest BCUT2D eigenvalue weighted by Crippen LogP contribution is 2.39. The number of ether oxygens (including phenoxy) is 2. The van der Waals surface area contributed by atoms with Crippen molar-refractivity contribution in [1.29, 1.82) is 0 Å². The Morgan fingerprint density at radius 1 is 1.13 bits per heavy atom. The van der Waals surface area contributed by atoms with Crippen molar-refractivity contribution in [3.05, 3.63) is 77.4 Å². The summed E-state index contributed by atoms with van der Waals surface area (Å²) in [5, 5.41) is 1.54. The number of halogens is 3. The number of hydrogen-bond acceptors (Lipinski definition) is 4. The first-order valence-corrected chi connectivity index (χ1v) is 11.6. The van der Waals surface area contributed by atoms with Gasteiger partial charge in [-0.05, 0) is 34.5 Å². The Balaban J connectivity index is 1.72. The van der Waals surface area contributed by atoms with Gasteiger partial charge in [-0.2, -0.15) is 8.42 Å². The maximum atomic E-state index is 14.4. The van der Waals surface area contributed by atoms with E-state index in [9.17, 15) is 21.8 Å². The Bertz CT molecular complexity index is 1220. The Morgan fingerprint density at radius 2 is 1.90 bits per heavy atom. The first kappa shape index (κ1) is 21.3. The summed E-state index contributed by atoms with van der Waals surface area (Å²) < 4.78 is 73.1. The molecule has 0 spiro atoms. The molecule has 1 saturated heterocycles. The van der Waals surface area contributed by atoms with Gasteiger partial charge in [0.25, 0.3) is 10.1 Å². The molecule has 0 amide bonds. The summed E-state index contributed by atoms with van der Waals surface area (Å²) in [7, 11) is -4.47. The highest BCUT2D eigenvalue weighted by molar-refractivity contribution is 9.09. The van der Waals surface area contributed by atoms with E-state index in [0.717, 1.165) is 17.5 Å². The molecule has 9 heteroatoms. The third-order valence-electron chi connectivity index (χ3n) is 5.08. The van der Waals surface area contributed by atoms with Crippen LogP contribution in [0.5, 0.6) is 0 Å². The molecule has 0 unspecified atom stereocenters. The minimum absolute atomic E-state index is 0.0381. The molecule has 0 radical (unpaired) electrons. The molecule has 3 aromatic carbocycles. The zero-order valence-corrected chi connectivity index (χ0v) is 17.9. The molecule has 0 aromatic heterocycles. The SMILES string of the molecule is O=S(=O)(O)c1ccc2ccccc2c1C[C@@H]1CO[C@](CBr)(c2ccc(F)cc2F)O1. The molecule has 0 bridgehead atoms. The predicted octanol–water partition coefficient (Wildman–Crippen LogP) is 4.57. The second kappa shape index (κ2) is 7.97. The second-order valence-corrected chi connectivity index (χ2v) is 8.95. The van der Waals surface area contributed by atoms with Gasteiger partial charge in [0.05, 0.1) is 22.9 Å². The van der Waals surface area contributed by atoms with Gasteiger partial charge in [0, 0.05) is 18.1 Å². The van der Waals surface area contributed by atoms with Crippen LogP contribution in [0.3, 0.4) is 0 Å². The number of hydrogen-bond donors (Lipinski definition) is 1. The van der Waals surface area contributed by atoms with Crippen LogP contribution in [-0.2, 0) is 31.8 Å². The minimum atomic E-state index is -4.47. The largest absolute Gasteiger partial charge is 0.342 e. The van der Waals surface area contributed by atoms with E-state index in [1.807, 2.05) is 12.1 Å². The molecule has 2 atom stereocenters. The van der Waals surface area contributed by atoms with Crippen molar-refractivity contribution in [2.24, 2.45) is 0 Å². The summed E-state index contributed by atoms with van der Waals surface area (Å²) in [4.78, 5) is -0.214. The maximum Gasteiger partial charge on any atom is 0.294 e. The summed E-state index contributed by atoms with van der Waals surface area (Å²) in [6.07, 6.45) is -0.521. The van der Waals surface area contributed by atoms with Crippen molar-refractivity contribution in [3.8, 4) is 0 Å². The molecule has 1 fully saturated rings. The van der Waals surface area contributed by atoms with Gasteiger partial charge in [-0.1, -0.05) is 46.3 Å². The summed E-state index contributed by atoms with van der Waals surface area (Å²) in [5.74, 6) is -3.01. The van der Waals surface area contributed by atoms with Crippen LogP contribution < -0.4 is 0 Å². The van der Waals surface area contributed by atoms with Gasteiger partial charge in [0.15, 0.2) is 0 Å². The van der Waals surface area contributed by atoms with Crippen LogP contribution in [0.15, 0.2) is 59.5 Å². The average Bonchev–Trinajstić information content (AvgIpc) is 3.11. The van der Waals surface area contributed by atoms with Gasteiger partial charge in [0.1, 0.15) is 11.6 Å². The lowest BCUT2D eigenvalue weighted by molar-refractivity contribution is -0.158. The molecule has 3 aromatic rings. The van der Waals surface area contributed by atoms with Crippen molar-refractivity contribution in [3.63, 3.8) is 0 Å². The van der Waals surface area contributed by atoms with E-state index in [1.54, 1.807) is 18.2 Å². The molecule has 1 heterocycles. The fourth-order valence-electron chi connectivity index (χ4n) is 3.74. The quantitative estimate of drug-likeness (QED) is 0.412. The fraction of sp³-hybridized carbons (Fsp3) is 0.238. The maximum absolute atomic E-state index is 14.4. The average molecular weight is 499 g/mol. The van der Waals surface area contributed by atoms with Gasteiger partial charge >= 0.3 is 0 Å². The molecule has 30 heavy (non-hydrogen) atoms. The topological polar surface area (TPSA) is 72.8 Å². The normalized spacial score (nSPS) is 21.9. The lowest BCUT2D eigenvalue weighted by atomic mass is 10.00. The molecule has 0 saturated carbocycles. The van der Waals surface area contributed by atoms with E-state index in [2.05, 4.69) is 15.9 Å². The summed E-state index contributed by atoms with van der Waals surface area (Å²) in [6, 6.07) is 13.3. The molecule has 0 aliphatic carbocycles. The number of fused-ring (bicyclic) bond motifs is 1. The van der Waals surface area contributed by atoms with Crippen LogP contribution in [0.25, 0.3) is 10.8 Å². The first-order chi connectivity index (χ1) is 14.2. The summed E-state index contributed by atoms with van der Waals surface area (Å²) in [6.45, 7) is 0.0521. The minimum Gasteiger partial charge on any atom is -0.342 e. The Hall–Kier alpha value is -1.91. The van der Waals surface area contributed by atoms with E-state index in [-0.39, 0.29) is 28.8 Å². The zero-order valence-electron chi connectivity index (χ0n) is 15.5. The second-order valence-electron chi connectivity index (χ2n) is 7.00. The van der Waals surface area contributed by atoms with E-state index in [4.69, 9.17) is 9.47 Å². The van der Waals surface area contributed by atoms with Crippen molar-refractivity contribution < 1.29 is 31.2 Å². The monoisotopic (exact) mass is 498 g/mol. The Kier molecular flexibility index (Phi) is 5.67. The van der Waals surface area contributed by atoms with E-state index in [0.29, 0.717) is 10.9 Å². The van der Waals surface area contributed by atoms with E-state index < -0.39 is 33.6 Å². The smallest absolute Gasteiger partial charge is 0.294 e. The van der Waals surface area contributed by atoms with Crippen LogP contribution >= 0.6 is 15.9 Å². The third kappa shape index (κ3) is 3.88. The Labute approximate surface area is 180 Å². The number of alkyl halides is 1. The van der Waals surface area contributed by atoms with Crippen molar-refractivity contribution >= 4 is 36.8 Å². The molecule has 1 aliphatic heterocycles. The van der Waals surface area contributed by atoms with Crippen molar-refractivity contribution in [2.75, 3.05) is 11.9 Å². The third-order valence-corrected chi connectivity index (χ3v) is 6.76. The van der Waals surface area contributed by atoms with E-state index in [1.165, 1.54) is 12.1 Å². The molecular formula is C21H17BrF2O5S. The lowest BCUT2D eigenvalue weighted by Crippen LogP contribution is -2.31. The van der Waals surface area contributed by atoms with Crippen LogP contribution in [0, 0.1) is 11.6 Å². The predicted molar refractivity (Wildman–Crippen MR) is 110 cm³/mol. The van der Waals surface area contributed by atoms with Gasteiger partial charge in [-0.25, -0.2) is 8.78 Å². The van der Waals surface area contributed by atoms with Gasteiger partial charge in [-0.3, -0.25) is 4.55 Å². The first-order valence-electron chi connectivity index (χ1n) is 9.05. The van der Waals surface area contributed by atoms with Gasteiger partial charge in [-0.15, -0.1) is 0 Å². The van der Waals surface area contributed by atoms with Crippen molar-refractivity contribution in [1.82, 2.24) is 0 Å². The molecular weight excluding hydrogens is 482 g/mol. The highest BCUT2D eigenvalue weighted by Gasteiger charge is 2.44. The van der Waals surface area contributed by atoms with E-state index >= 15 is 0 Å². The van der Waals surface area contributed by atoms with Gasteiger partial charge in [0.2, 0.25) is 5.79 Å². The molecule has 158 valence electrons. The van der Waals surface area contributed by atoms with Crippen LogP contribution in [0.2, 0.25) is 0 Å². The fourth-order valence-corrected chi connectivity index (χ4v) is 5.08. The van der Waals surface area contributed by atoms with Gasteiger partial charge < -0.3 is 9.47 Å². The standard InChI is InChI=1S/C21H17BrF2O5S/c22-12-21(18-7-6-14(23)9-19(18)24)28-11-15(29-21)10-17-16-4-2-1-3-13(16)5-8-20(17)30(25,26)27/h1-9,15H,10-12H2,(H,25,26,27)/t15-,21+/m1/s1. The zero-order chi connectivity index (χ0) is 21.5. The highest BCUT2D eigenvalue weighted by atomic mass is 79.9. The number of benzene rings is 3. The summed E-state index contributed by atoms with van der Waals surface area (Å²) in [5.41, 5.74) is 0.422. The lowest BCUT2D eigenvalue weighted by Gasteiger charge is -2.27. The van der Waals surface area contributed by atoms with Crippen LogP contribution in [-0.4, -0.2) is 31.0 Å². The number of rotatable bonds is 5. The van der Waals surface area contributed by atoms with Crippen molar-refractivity contribution in [2.45, 2.75) is 23.2 Å². The molecule has 4 rings (SSSR count). The van der Waals surface area contributed by atoms with Crippen LogP contribution in [0.4, 0.5) is 8.78 Å². The van der Waals surface area contributed by atoms with Crippen LogP contribution in [0.1, 0.15) is 11.1 Å². The Morgan fingerprint density at radius 3 is 2.60 bits per heavy atom. The molecule has 1 N–H and O–H groups in total. The molecule has 1 aliphatic rings.